The summed E-state index contributed by atoms with van der Waals surface area (Å²) < 4.78 is 34.0. The lowest BCUT2D eigenvalue weighted by Gasteiger charge is -2.24. The Hall–Kier alpha value is -2.81. The average Bonchev–Trinajstić information content (AvgIpc) is 3.22. The van der Waals surface area contributed by atoms with Crippen molar-refractivity contribution in [1.29, 1.82) is 0 Å². The van der Waals surface area contributed by atoms with Crippen molar-refractivity contribution >= 4 is 12.0 Å². The summed E-state index contributed by atoms with van der Waals surface area (Å²) in [6.07, 6.45) is 7.56. The number of rotatable bonds is 6. The maximum Gasteiger partial charge on any atom is 0.407 e. The molecular weight excluding hydrogens is 452 g/mol. The number of alkyl carbamates (subject to hydrolysis) is 1. The van der Waals surface area contributed by atoms with Crippen LogP contribution in [0.15, 0.2) is 30.6 Å². The fourth-order valence-corrected chi connectivity index (χ4v) is 4.87. The number of hydrogen-bond acceptors (Lipinski definition) is 6. The molecule has 0 aliphatic carbocycles. The maximum atomic E-state index is 14.7. The Kier molecular flexibility index (Phi) is 7.84. The number of piperidine rings is 1. The van der Waals surface area contributed by atoms with Gasteiger partial charge in [-0.25, -0.2) is 23.5 Å². The number of carbonyl (C=O) groups is 1. The first kappa shape index (κ1) is 25.3. The summed E-state index contributed by atoms with van der Waals surface area (Å²) in [6, 6.07) is 2.90. The topological polar surface area (TPSA) is 79.4 Å². The third-order valence-corrected chi connectivity index (χ3v) is 6.65. The summed E-state index contributed by atoms with van der Waals surface area (Å²) >= 11 is 0. The molecule has 7 nitrogen and oxygen atoms in total. The molecule has 0 radical (unpaired) electrons. The van der Waals surface area contributed by atoms with Gasteiger partial charge < -0.3 is 20.3 Å². The molecule has 2 aliphatic heterocycles. The highest BCUT2D eigenvalue weighted by atomic mass is 19.1. The van der Waals surface area contributed by atoms with Crippen molar-refractivity contribution in [1.82, 2.24) is 20.6 Å². The molecule has 0 unspecified atom stereocenters. The Morgan fingerprint density at radius 1 is 1.17 bits per heavy atom. The van der Waals surface area contributed by atoms with Gasteiger partial charge in [0.15, 0.2) is 0 Å². The first-order valence-corrected chi connectivity index (χ1v) is 12.4. The van der Waals surface area contributed by atoms with E-state index >= 15 is 0 Å². The molecule has 190 valence electrons. The SMILES string of the molecule is CC(C)(C)OC(=O)N[C@H]1CN(c2ncc(CCC3CCNCC3)cn2)C[C@@H]1c1cc(F)ccc1F. The largest absolute Gasteiger partial charge is 0.444 e. The molecular formula is C26H35F2N5O2. The zero-order valence-electron chi connectivity index (χ0n) is 20.7. The van der Waals surface area contributed by atoms with Gasteiger partial charge in [0.05, 0.1) is 6.04 Å². The van der Waals surface area contributed by atoms with Gasteiger partial charge in [-0.2, -0.15) is 0 Å². The molecule has 9 heteroatoms. The lowest BCUT2D eigenvalue weighted by Crippen LogP contribution is -2.43. The van der Waals surface area contributed by atoms with Crippen LogP contribution in [-0.2, 0) is 11.2 Å². The van der Waals surface area contributed by atoms with Crippen molar-refractivity contribution in [2.75, 3.05) is 31.1 Å². The van der Waals surface area contributed by atoms with Gasteiger partial charge in [-0.15, -0.1) is 0 Å². The number of carbonyl (C=O) groups excluding carboxylic acids is 1. The molecule has 1 aromatic carbocycles. The molecule has 2 saturated heterocycles. The monoisotopic (exact) mass is 487 g/mol. The van der Waals surface area contributed by atoms with Gasteiger partial charge in [-0.05, 0) is 94.8 Å². The molecule has 4 rings (SSSR count). The molecule has 0 saturated carbocycles. The van der Waals surface area contributed by atoms with Crippen molar-refractivity contribution < 1.29 is 18.3 Å². The normalized spacial score (nSPS) is 21.2. The van der Waals surface area contributed by atoms with Crippen LogP contribution in [0.4, 0.5) is 19.5 Å². The number of benzene rings is 1. The number of aryl methyl sites for hydroxylation is 1. The minimum Gasteiger partial charge on any atom is -0.444 e. The van der Waals surface area contributed by atoms with Gasteiger partial charge in [0.1, 0.15) is 17.2 Å². The number of halogens is 2. The molecule has 3 heterocycles. The summed E-state index contributed by atoms with van der Waals surface area (Å²) in [7, 11) is 0. The lowest BCUT2D eigenvalue weighted by molar-refractivity contribution is 0.0504. The standard InChI is InChI=1S/C26H35F2N5O2/c1-26(2,3)35-25(34)32-23-16-33(15-21(23)20-12-19(27)6-7-22(20)28)24-30-13-18(14-31-24)5-4-17-8-10-29-11-9-17/h6-7,12-14,17,21,23,29H,4-5,8-11,15-16H2,1-3H3,(H,32,34)/t21-,23+/m1/s1. The van der Waals surface area contributed by atoms with Crippen LogP contribution in [0.2, 0.25) is 0 Å². The van der Waals surface area contributed by atoms with Crippen molar-refractivity contribution in [3.63, 3.8) is 0 Å². The van der Waals surface area contributed by atoms with Gasteiger partial charge >= 0.3 is 6.09 Å². The van der Waals surface area contributed by atoms with Gasteiger partial charge in [0.2, 0.25) is 5.95 Å². The summed E-state index contributed by atoms with van der Waals surface area (Å²) in [5.74, 6) is -0.280. The lowest BCUT2D eigenvalue weighted by atomic mass is 9.92. The molecule has 0 bridgehead atoms. The number of hydrogen-bond donors (Lipinski definition) is 2. The van der Waals surface area contributed by atoms with E-state index in [4.69, 9.17) is 4.74 Å². The van der Waals surface area contributed by atoms with E-state index in [1.807, 2.05) is 17.3 Å². The highest BCUT2D eigenvalue weighted by molar-refractivity contribution is 5.68. The van der Waals surface area contributed by atoms with E-state index in [1.165, 1.54) is 18.9 Å². The fraction of sp³-hybridized carbons (Fsp3) is 0.577. The predicted octanol–water partition coefficient (Wildman–Crippen LogP) is 4.18. The molecule has 1 amide bonds. The number of amides is 1. The Bertz CT molecular complexity index is 1010. The highest BCUT2D eigenvalue weighted by Gasteiger charge is 2.38. The van der Waals surface area contributed by atoms with Gasteiger partial charge in [-0.1, -0.05) is 0 Å². The highest BCUT2D eigenvalue weighted by Crippen LogP contribution is 2.32. The summed E-state index contributed by atoms with van der Waals surface area (Å²) in [5, 5.41) is 6.24. The van der Waals surface area contributed by atoms with Crippen LogP contribution in [0.1, 0.15) is 57.1 Å². The van der Waals surface area contributed by atoms with E-state index < -0.39 is 35.3 Å². The van der Waals surface area contributed by atoms with E-state index in [1.54, 1.807) is 20.8 Å². The number of nitrogens with one attached hydrogen (secondary N) is 2. The first-order chi connectivity index (χ1) is 16.7. The van der Waals surface area contributed by atoms with E-state index in [0.29, 0.717) is 19.0 Å². The third-order valence-electron chi connectivity index (χ3n) is 6.65. The second-order valence-corrected chi connectivity index (χ2v) is 10.6. The zero-order valence-corrected chi connectivity index (χ0v) is 20.7. The van der Waals surface area contributed by atoms with Gasteiger partial charge in [0, 0.05) is 31.4 Å². The molecule has 2 aliphatic rings. The smallest absolute Gasteiger partial charge is 0.407 e. The molecule has 1 aromatic heterocycles. The molecule has 2 N–H and O–H groups in total. The average molecular weight is 488 g/mol. The van der Waals surface area contributed by atoms with Crippen molar-refractivity contribution in [3.8, 4) is 0 Å². The van der Waals surface area contributed by atoms with Crippen LogP contribution in [0.3, 0.4) is 0 Å². The number of aromatic nitrogens is 2. The molecule has 0 spiro atoms. The Labute approximate surface area is 205 Å². The van der Waals surface area contributed by atoms with E-state index in [9.17, 15) is 13.6 Å². The van der Waals surface area contributed by atoms with Crippen LogP contribution in [0.25, 0.3) is 0 Å². The minimum absolute atomic E-state index is 0.215. The second-order valence-electron chi connectivity index (χ2n) is 10.6. The van der Waals surface area contributed by atoms with Crippen LogP contribution in [0, 0.1) is 17.6 Å². The Morgan fingerprint density at radius 3 is 2.57 bits per heavy atom. The Morgan fingerprint density at radius 2 is 1.89 bits per heavy atom. The Balaban J connectivity index is 1.46. The van der Waals surface area contributed by atoms with E-state index in [0.717, 1.165) is 49.5 Å². The van der Waals surface area contributed by atoms with Gasteiger partial charge in [-0.3, -0.25) is 0 Å². The summed E-state index contributed by atoms with van der Waals surface area (Å²) in [6.45, 7) is 8.19. The van der Waals surface area contributed by atoms with Crippen LogP contribution < -0.4 is 15.5 Å². The minimum atomic E-state index is -0.672. The zero-order chi connectivity index (χ0) is 25.0. The maximum absolute atomic E-state index is 14.7. The van der Waals surface area contributed by atoms with Crippen molar-refractivity contribution in [3.05, 3.63) is 53.4 Å². The van der Waals surface area contributed by atoms with Crippen LogP contribution in [0.5, 0.6) is 0 Å². The quantitative estimate of drug-likeness (QED) is 0.636. The number of anilines is 1. The second kappa shape index (κ2) is 10.8. The number of nitrogens with zero attached hydrogens (tertiary/aromatic N) is 3. The first-order valence-electron chi connectivity index (χ1n) is 12.4. The van der Waals surface area contributed by atoms with E-state index in [-0.39, 0.29) is 5.56 Å². The third kappa shape index (κ3) is 6.87. The molecule has 2 aromatic rings. The van der Waals surface area contributed by atoms with Crippen LogP contribution in [-0.4, -0.2) is 53.9 Å². The predicted molar refractivity (Wildman–Crippen MR) is 130 cm³/mol. The number of ether oxygens (including phenoxy) is 1. The molecule has 2 atom stereocenters. The summed E-state index contributed by atoms with van der Waals surface area (Å²) in [5.41, 5.74) is 0.629. The molecule has 2 fully saturated rings. The van der Waals surface area contributed by atoms with Crippen molar-refractivity contribution in [2.24, 2.45) is 5.92 Å². The van der Waals surface area contributed by atoms with E-state index in [2.05, 4.69) is 20.6 Å². The van der Waals surface area contributed by atoms with Crippen LogP contribution >= 0.6 is 0 Å². The fourth-order valence-electron chi connectivity index (χ4n) is 4.87. The van der Waals surface area contributed by atoms with Crippen molar-refractivity contribution in [2.45, 2.75) is 64.0 Å². The summed E-state index contributed by atoms with van der Waals surface area (Å²) in [4.78, 5) is 23.5. The molecule has 35 heavy (non-hydrogen) atoms. The van der Waals surface area contributed by atoms with Gasteiger partial charge in [0.25, 0.3) is 0 Å².